The Kier molecular flexibility index (Phi) is 6.85. The van der Waals surface area contributed by atoms with Gasteiger partial charge in [-0.2, -0.15) is 0 Å². The molecule has 0 bridgehead atoms. The highest BCUT2D eigenvalue weighted by Crippen LogP contribution is 2.34. The van der Waals surface area contributed by atoms with E-state index in [9.17, 15) is 14.7 Å². The highest BCUT2D eigenvalue weighted by atomic mass is 16.8. The number of hydrogen-bond donors (Lipinski definition) is 1. The lowest BCUT2D eigenvalue weighted by molar-refractivity contribution is -0.155. The van der Waals surface area contributed by atoms with E-state index < -0.39 is 35.7 Å². The van der Waals surface area contributed by atoms with Crippen molar-refractivity contribution < 1.29 is 33.6 Å². The van der Waals surface area contributed by atoms with Crippen LogP contribution in [0.3, 0.4) is 0 Å². The molecule has 3 rings (SSSR count). The fourth-order valence-electron chi connectivity index (χ4n) is 3.30. The van der Waals surface area contributed by atoms with Gasteiger partial charge in [0.05, 0.1) is 13.0 Å². The summed E-state index contributed by atoms with van der Waals surface area (Å²) < 4.78 is 22.2. The molecule has 0 unspecified atom stereocenters. The van der Waals surface area contributed by atoms with Gasteiger partial charge in [-0.05, 0) is 29.7 Å². The summed E-state index contributed by atoms with van der Waals surface area (Å²) in [4.78, 5) is 24.2. The van der Waals surface area contributed by atoms with Crippen LogP contribution in [-0.4, -0.2) is 36.5 Å². The van der Waals surface area contributed by atoms with E-state index in [1.807, 2.05) is 51.1 Å². The average molecular weight is 428 g/mol. The van der Waals surface area contributed by atoms with Gasteiger partial charge in [0.25, 0.3) is 0 Å². The van der Waals surface area contributed by atoms with Gasteiger partial charge in [-0.15, -0.1) is 0 Å². The third kappa shape index (κ3) is 5.55. The van der Waals surface area contributed by atoms with Gasteiger partial charge < -0.3 is 24.1 Å². The van der Waals surface area contributed by atoms with E-state index in [1.54, 1.807) is 18.2 Å². The van der Waals surface area contributed by atoms with Gasteiger partial charge >= 0.3 is 11.9 Å². The van der Waals surface area contributed by atoms with Crippen molar-refractivity contribution in [2.24, 2.45) is 11.3 Å². The summed E-state index contributed by atoms with van der Waals surface area (Å²) in [5.74, 6) is -1.83. The Morgan fingerprint density at radius 1 is 1.10 bits per heavy atom. The zero-order chi connectivity index (χ0) is 22.6. The zero-order valence-electron chi connectivity index (χ0n) is 18.2. The first-order valence-corrected chi connectivity index (χ1v) is 10.1. The number of hydrogen-bond acceptors (Lipinski definition) is 6. The maximum absolute atomic E-state index is 12.3. The molecular formula is C24H28O7. The second-order valence-electron chi connectivity index (χ2n) is 8.60. The number of cyclic esters (lactones) is 1. The molecule has 0 aromatic heterocycles. The fourth-order valence-corrected chi connectivity index (χ4v) is 3.30. The van der Waals surface area contributed by atoms with Gasteiger partial charge in [-0.3, -0.25) is 4.79 Å². The molecule has 2 aromatic rings. The van der Waals surface area contributed by atoms with Crippen LogP contribution in [0, 0.1) is 11.3 Å². The van der Waals surface area contributed by atoms with Crippen LogP contribution in [0.2, 0.25) is 0 Å². The molecule has 1 N–H and O–H groups in total. The molecule has 1 fully saturated rings. The van der Waals surface area contributed by atoms with Crippen LogP contribution in [0.25, 0.3) is 0 Å². The molecule has 7 nitrogen and oxygen atoms in total. The lowest BCUT2D eigenvalue weighted by atomic mass is 9.93. The van der Waals surface area contributed by atoms with E-state index in [2.05, 4.69) is 0 Å². The second-order valence-corrected chi connectivity index (χ2v) is 8.60. The van der Waals surface area contributed by atoms with Crippen molar-refractivity contribution in [1.82, 2.24) is 0 Å². The highest BCUT2D eigenvalue weighted by molar-refractivity contribution is 5.84. The van der Waals surface area contributed by atoms with E-state index in [0.717, 1.165) is 5.56 Å². The quantitative estimate of drug-likeness (QED) is 0.639. The molecule has 2 aromatic carbocycles. The minimum Gasteiger partial charge on any atom is -0.493 e. The van der Waals surface area contributed by atoms with Crippen LogP contribution >= 0.6 is 0 Å². The van der Waals surface area contributed by atoms with Gasteiger partial charge in [-0.1, -0.05) is 57.2 Å². The van der Waals surface area contributed by atoms with Crippen molar-refractivity contribution in [3.63, 3.8) is 0 Å². The van der Waals surface area contributed by atoms with Crippen LogP contribution in [0.5, 0.6) is 11.5 Å². The third-order valence-corrected chi connectivity index (χ3v) is 5.04. The Labute approximate surface area is 181 Å². The molecule has 166 valence electrons. The maximum atomic E-state index is 12.3. The summed E-state index contributed by atoms with van der Waals surface area (Å²) >= 11 is 0. The number of methoxy groups -OCH3 is 1. The molecule has 31 heavy (non-hydrogen) atoms. The average Bonchev–Trinajstić information content (AvgIpc) is 3.13. The minimum atomic E-state index is -1.17. The lowest BCUT2D eigenvalue weighted by Crippen LogP contribution is -2.35. The second kappa shape index (κ2) is 9.39. The molecule has 1 aliphatic heterocycles. The Bertz CT molecular complexity index is 917. The topological polar surface area (TPSA) is 91.3 Å². The number of benzene rings is 2. The van der Waals surface area contributed by atoms with Crippen molar-refractivity contribution in [3.8, 4) is 11.5 Å². The summed E-state index contributed by atoms with van der Waals surface area (Å²) in [6, 6.07) is 15.0. The van der Waals surface area contributed by atoms with E-state index in [0.29, 0.717) is 23.7 Å². The molecule has 0 amide bonds. The smallest absolute Gasteiger partial charge is 0.338 e. The molecule has 1 aliphatic rings. The number of carboxylic acid groups (broad SMARTS) is 1. The number of esters is 1. The fraction of sp³-hybridized carbons (Fsp3) is 0.417. The summed E-state index contributed by atoms with van der Waals surface area (Å²) in [5.41, 5.74) is 1.26. The lowest BCUT2D eigenvalue weighted by Gasteiger charge is -2.25. The van der Waals surface area contributed by atoms with E-state index in [1.165, 1.54) is 7.11 Å². The largest absolute Gasteiger partial charge is 0.493 e. The van der Waals surface area contributed by atoms with Crippen molar-refractivity contribution in [1.29, 1.82) is 0 Å². The first-order chi connectivity index (χ1) is 14.7. The molecular weight excluding hydrogens is 400 g/mol. The highest BCUT2D eigenvalue weighted by Gasteiger charge is 2.47. The number of rotatable bonds is 8. The Morgan fingerprint density at radius 2 is 1.81 bits per heavy atom. The van der Waals surface area contributed by atoms with Crippen molar-refractivity contribution in [2.45, 2.75) is 46.2 Å². The van der Waals surface area contributed by atoms with Crippen molar-refractivity contribution >= 4 is 11.9 Å². The number of carboxylic acids is 1. The van der Waals surface area contributed by atoms with Gasteiger partial charge in [-0.25, -0.2) is 4.79 Å². The molecule has 0 aliphatic carbocycles. The predicted molar refractivity (Wildman–Crippen MR) is 113 cm³/mol. The van der Waals surface area contributed by atoms with Crippen LogP contribution < -0.4 is 9.47 Å². The molecule has 1 saturated heterocycles. The molecule has 0 radical (unpaired) electrons. The first kappa shape index (κ1) is 22.6. The van der Waals surface area contributed by atoms with Crippen LogP contribution in [0.15, 0.2) is 48.5 Å². The Balaban J connectivity index is 1.73. The molecule has 1 heterocycles. The van der Waals surface area contributed by atoms with Crippen LogP contribution in [0.1, 0.15) is 31.9 Å². The third-order valence-electron chi connectivity index (χ3n) is 5.04. The van der Waals surface area contributed by atoms with Crippen LogP contribution in [0.4, 0.5) is 0 Å². The van der Waals surface area contributed by atoms with Crippen LogP contribution in [-0.2, 0) is 32.1 Å². The van der Waals surface area contributed by atoms with E-state index >= 15 is 0 Å². The maximum Gasteiger partial charge on any atom is 0.338 e. The number of carbonyl (C=O) groups excluding carboxylic acids is 1. The summed E-state index contributed by atoms with van der Waals surface area (Å²) in [6.45, 7) is 5.97. The Morgan fingerprint density at radius 3 is 2.39 bits per heavy atom. The summed E-state index contributed by atoms with van der Waals surface area (Å²) in [5, 5.41) is 9.75. The first-order valence-electron chi connectivity index (χ1n) is 10.1. The standard InChI is InChI=1S/C24H28O7/c1-24(2,3)23-30-20(22(27)31-23)17(21(25)26)12-16-10-11-18(19(13-16)28-4)29-14-15-8-6-5-7-9-15/h5-11,13,17,20,23H,12,14H2,1-4H3,(H,25,26)/t17-,20-,23-/m0/s1. The summed E-state index contributed by atoms with van der Waals surface area (Å²) in [6.07, 6.45) is -1.86. The van der Waals surface area contributed by atoms with Crippen molar-refractivity contribution in [3.05, 3.63) is 59.7 Å². The van der Waals surface area contributed by atoms with E-state index in [4.69, 9.17) is 18.9 Å². The molecule has 0 spiro atoms. The monoisotopic (exact) mass is 428 g/mol. The molecule has 0 saturated carbocycles. The van der Waals surface area contributed by atoms with Gasteiger partial charge in [0, 0.05) is 5.41 Å². The van der Waals surface area contributed by atoms with Gasteiger partial charge in [0.2, 0.25) is 6.29 Å². The normalized spacial score (nSPS) is 19.5. The number of carbonyl (C=O) groups is 2. The zero-order valence-corrected chi connectivity index (χ0v) is 18.2. The summed E-state index contributed by atoms with van der Waals surface area (Å²) in [7, 11) is 1.52. The van der Waals surface area contributed by atoms with Gasteiger partial charge in [0.15, 0.2) is 17.6 Å². The number of aliphatic carboxylic acids is 1. The van der Waals surface area contributed by atoms with Crippen molar-refractivity contribution in [2.75, 3.05) is 7.11 Å². The Hall–Kier alpha value is -3.06. The van der Waals surface area contributed by atoms with E-state index in [-0.39, 0.29) is 6.42 Å². The SMILES string of the molecule is COc1cc(C[C@H](C(=O)O)[C@@H]2O[C@H](C(C)(C)C)OC2=O)ccc1OCc1ccccc1. The molecule has 3 atom stereocenters. The number of ether oxygens (including phenoxy) is 4. The van der Waals surface area contributed by atoms with Gasteiger partial charge in [0.1, 0.15) is 6.61 Å². The predicted octanol–water partition coefficient (Wildman–Crippen LogP) is 3.83. The minimum absolute atomic E-state index is 0.0846. The molecule has 7 heteroatoms.